The van der Waals surface area contributed by atoms with E-state index in [2.05, 4.69) is 15.1 Å². The fourth-order valence-corrected chi connectivity index (χ4v) is 5.23. The maximum absolute atomic E-state index is 13.4. The van der Waals surface area contributed by atoms with Gasteiger partial charge >= 0.3 is 5.97 Å². The third-order valence-corrected chi connectivity index (χ3v) is 7.85. The first-order valence-electron chi connectivity index (χ1n) is 12.1. The SMILES string of the molecule is CC[C@@H](C)NS(=O)(=O)c1cc(NC(=O)C2CC2)ccc1Oc1c(C)c(C(=O)O)nn1-c1ccccc1C. The number of nitrogens with one attached hydrogen (secondary N) is 2. The molecular formula is C26H30N4O6S. The summed E-state index contributed by atoms with van der Waals surface area (Å²) in [5, 5.41) is 16.7. The highest BCUT2D eigenvalue weighted by Crippen LogP contribution is 2.36. The quantitative estimate of drug-likeness (QED) is 0.356. The van der Waals surface area contributed by atoms with Gasteiger partial charge in [-0.2, -0.15) is 9.78 Å². The summed E-state index contributed by atoms with van der Waals surface area (Å²) < 4.78 is 36.9. The van der Waals surface area contributed by atoms with E-state index in [0.717, 1.165) is 18.4 Å². The molecule has 0 aliphatic heterocycles. The summed E-state index contributed by atoms with van der Waals surface area (Å²) in [5.74, 6) is -1.42. The maximum Gasteiger partial charge on any atom is 0.356 e. The Labute approximate surface area is 215 Å². The van der Waals surface area contributed by atoms with Crippen LogP contribution in [0, 0.1) is 19.8 Å². The first-order chi connectivity index (χ1) is 17.5. The topological polar surface area (TPSA) is 140 Å². The summed E-state index contributed by atoms with van der Waals surface area (Å²) in [6.07, 6.45) is 2.18. The molecule has 1 aliphatic rings. The lowest BCUT2D eigenvalue weighted by molar-refractivity contribution is -0.117. The van der Waals surface area contributed by atoms with Crippen molar-refractivity contribution in [2.24, 2.45) is 5.92 Å². The van der Waals surface area contributed by atoms with Crippen LogP contribution >= 0.6 is 0 Å². The number of benzene rings is 2. The van der Waals surface area contributed by atoms with E-state index in [1.807, 2.05) is 26.0 Å². The minimum atomic E-state index is -4.07. The Kier molecular flexibility index (Phi) is 7.37. The molecule has 196 valence electrons. The van der Waals surface area contributed by atoms with Gasteiger partial charge < -0.3 is 15.2 Å². The molecule has 1 fully saturated rings. The first-order valence-corrected chi connectivity index (χ1v) is 13.5. The van der Waals surface area contributed by atoms with E-state index in [1.54, 1.807) is 32.0 Å². The summed E-state index contributed by atoms with van der Waals surface area (Å²) in [7, 11) is -4.07. The Hall–Kier alpha value is -3.70. The summed E-state index contributed by atoms with van der Waals surface area (Å²) in [6, 6.07) is 11.2. The van der Waals surface area contributed by atoms with Crippen molar-refractivity contribution in [3.8, 4) is 17.3 Å². The number of ether oxygens (including phenoxy) is 1. The van der Waals surface area contributed by atoms with E-state index in [1.165, 1.54) is 16.8 Å². The molecular weight excluding hydrogens is 496 g/mol. The number of aromatic nitrogens is 2. The molecule has 0 bridgehead atoms. The molecule has 11 heteroatoms. The van der Waals surface area contributed by atoms with E-state index in [0.29, 0.717) is 17.8 Å². The van der Waals surface area contributed by atoms with E-state index in [-0.39, 0.29) is 45.6 Å². The van der Waals surface area contributed by atoms with Gasteiger partial charge in [0.15, 0.2) is 5.69 Å². The van der Waals surface area contributed by atoms with Gasteiger partial charge in [0.1, 0.15) is 10.6 Å². The monoisotopic (exact) mass is 526 g/mol. The van der Waals surface area contributed by atoms with Gasteiger partial charge in [0.2, 0.25) is 21.8 Å². The van der Waals surface area contributed by atoms with Crippen LogP contribution in [0.2, 0.25) is 0 Å². The normalized spacial score (nSPS) is 14.3. The van der Waals surface area contributed by atoms with Gasteiger partial charge in [0.05, 0.1) is 5.69 Å². The lowest BCUT2D eigenvalue weighted by Gasteiger charge is -2.18. The van der Waals surface area contributed by atoms with Crippen molar-refractivity contribution in [3.05, 3.63) is 59.3 Å². The second kappa shape index (κ2) is 10.3. The van der Waals surface area contributed by atoms with E-state index >= 15 is 0 Å². The second-order valence-electron chi connectivity index (χ2n) is 9.24. The molecule has 0 spiro atoms. The van der Waals surface area contributed by atoms with Crippen molar-refractivity contribution in [1.29, 1.82) is 0 Å². The number of amides is 1. The Bertz CT molecular complexity index is 1460. The zero-order chi connectivity index (χ0) is 26.9. The van der Waals surface area contributed by atoms with Gasteiger partial charge in [-0.1, -0.05) is 25.1 Å². The molecule has 4 rings (SSSR count). The van der Waals surface area contributed by atoms with Crippen molar-refractivity contribution in [3.63, 3.8) is 0 Å². The number of rotatable bonds is 10. The van der Waals surface area contributed by atoms with Crippen LogP contribution in [-0.4, -0.2) is 41.2 Å². The molecule has 37 heavy (non-hydrogen) atoms. The van der Waals surface area contributed by atoms with Crippen molar-refractivity contribution >= 4 is 27.6 Å². The van der Waals surface area contributed by atoms with Gasteiger partial charge in [-0.25, -0.2) is 17.9 Å². The second-order valence-corrected chi connectivity index (χ2v) is 10.9. The van der Waals surface area contributed by atoms with Crippen LogP contribution in [0.15, 0.2) is 47.4 Å². The average molecular weight is 527 g/mol. The fraction of sp³-hybridized carbons (Fsp3) is 0.346. The molecule has 1 aliphatic carbocycles. The van der Waals surface area contributed by atoms with Crippen molar-refractivity contribution < 1.29 is 27.9 Å². The molecule has 2 aromatic carbocycles. The molecule has 3 N–H and O–H groups in total. The van der Waals surface area contributed by atoms with E-state index in [4.69, 9.17) is 4.74 Å². The minimum Gasteiger partial charge on any atom is -0.476 e. The van der Waals surface area contributed by atoms with Crippen LogP contribution in [-0.2, 0) is 14.8 Å². The number of carbonyl (C=O) groups is 2. The third-order valence-electron chi connectivity index (χ3n) is 6.24. The van der Waals surface area contributed by atoms with E-state index < -0.39 is 16.0 Å². The van der Waals surface area contributed by atoms with Gasteiger partial charge in [-0.3, -0.25) is 4.79 Å². The van der Waals surface area contributed by atoms with Gasteiger partial charge in [0, 0.05) is 23.2 Å². The third kappa shape index (κ3) is 5.67. The summed E-state index contributed by atoms with van der Waals surface area (Å²) in [4.78, 5) is 24.0. The van der Waals surface area contributed by atoms with Gasteiger partial charge in [-0.15, -0.1) is 0 Å². The van der Waals surface area contributed by atoms with Crippen LogP contribution in [0.3, 0.4) is 0 Å². The highest BCUT2D eigenvalue weighted by molar-refractivity contribution is 7.89. The molecule has 1 saturated carbocycles. The lowest BCUT2D eigenvalue weighted by Crippen LogP contribution is -2.32. The number of hydrogen-bond donors (Lipinski definition) is 3. The highest BCUT2D eigenvalue weighted by atomic mass is 32.2. The smallest absolute Gasteiger partial charge is 0.356 e. The fourth-order valence-electron chi connectivity index (χ4n) is 3.75. The molecule has 10 nitrogen and oxygen atoms in total. The van der Waals surface area contributed by atoms with Gasteiger partial charge in [0.25, 0.3) is 0 Å². The number of sulfonamides is 1. The molecule has 1 heterocycles. The lowest BCUT2D eigenvalue weighted by atomic mass is 10.2. The predicted octanol–water partition coefficient (Wildman–Crippen LogP) is 4.40. The molecule has 1 atom stereocenters. The molecule has 0 saturated heterocycles. The number of anilines is 1. The molecule has 0 unspecified atom stereocenters. The van der Waals surface area contributed by atoms with Gasteiger partial charge in [-0.05, 0) is 69.9 Å². The van der Waals surface area contributed by atoms with Crippen LogP contribution in [0.5, 0.6) is 11.6 Å². The number of nitrogens with zero attached hydrogens (tertiary/aromatic N) is 2. The van der Waals surface area contributed by atoms with Crippen LogP contribution < -0.4 is 14.8 Å². The minimum absolute atomic E-state index is 0.0324. The molecule has 3 aromatic rings. The van der Waals surface area contributed by atoms with Crippen molar-refractivity contribution in [1.82, 2.24) is 14.5 Å². The summed E-state index contributed by atoms with van der Waals surface area (Å²) in [5.41, 5.74) is 1.75. The number of carbonyl (C=O) groups excluding carboxylic acids is 1. The van der Waals surface area contributed by atoms with Crippen LogP contribution in [0.1, 0.15) is 54.7 Å². The molecule has 1 amide bonds. The van der Waals surface area contributed by atoms with Crippen molar-refractivity contribution in [2.45, 2.75) is 57.9 Å². The standard InChI is InChI=1S/C26H30N4O6S/c1-5-16(3)29-37(34,35)22-14-19(27-24(31)18-10-11-18)12-13-21(22)36-25-17(4)23(26(32)33)28-30(25)20-9-7-6-8-15(20)2/h6-9,12-14,16,18,29H,5,10-11H2,1-4H3,(H,27,31)(H,32,33)/t16-/m1/s1. The Morgan fingerprint density at radius 2 is 1.89 bits per heavy atom. The van der Waals surface area contributed by atoms with Crippen LogP contribution in [0.25, 0.3) is 5.69 Å². The summed E-state index contributed by atoms with van der Waals surface area (Å²) >= 11 is 0. The average Bonchev–Trinajstić information content (AvgIpc) is 3.65. The first kappa shape index (κ1) is 26.4. The predicted molar refractivity (Wildman–Crippen MR) is 138 cm³/mol. The Balaban J connectivity index is 1.83. The molecule has 1 aromatic heterocycles. The van der Waals surface area contributed by atoms with Crippen LogP contribution in [0.4, 0.5) is 5.69 Å². The zero-order valence-corrected chi connectivity index (χ0v) is 21.9. The number of para-hydroxylation sites is 1. The maximum atomic E-state index is 13.4. The summed E-state index contributed by atoms with van der Waals surface area (Å²) in [6.45, 7) is 7.00. The Morgan fingerprint density at radius 1 is 1.19 bits per heavy atom. The van der Waals surface area contributed by atoms with Crippen molar-refractivity contribution in [2.75, 3.05) is 5.32 Å². The number of aryl methyl sites for hydroxylation is 1. The number of carboxylic acid groups (broad SMARTS) is 1. The number of hydrogen-bond acceptors (Lipinski definition) is 6. The largest absolute Gasteiger partial charge is 0.476 e. The van der Waals surface area contributed by atoms with E-state index in [9.17, 15) is 23.1 Å². The Morgan fingerprint density at radius 3 is 2.51 bits per heavy atom. The zero-order valence-electron chi connectivity index (χ0n) is 21.1. The number of carboxylic acids is 1. The molecule has 0 radical (unpaired) electrons. The number of aromatic carboxylic acids is 1. The highest BCUT2D eigenvalue weighted by Gasteiger charge is 2.31.